The van der Waals surface area contributed by atoms with Gasteiger partial charge in [-0.05, 0) is 61.4 Å². The molecular formula is C27H30FN3O2. The number of nitrogens with zero attached hydrogens (tertiary/aromatic N) is 1. The number of amides is 2. The lowest BCUT2D eigenvalue weighted by atomic mass is 10.0. The van der Waals surface area contributed by atoms with Crippen molar-refractivity contribution in [3.8, 4) is 0 Å². The van der Waals surface area contributed by atoms with E-state index in [2.05, 4.69) is 10.6 Å². The normalized spacial score (nSPS) is 13.8. The summed E-state index contributed by atoms with van der Waals surface area (Å²) >= 11 is 0. The third-order valence-electron chi connectivity index (χ3n) is 6.26. The number of fused-ring (bicyclic) bond motifs is 1. The first-order chi connectivity index (χ1) is 16.1. The first kappa shape index (κ1) is 22.8. The number of nitrogens with one attached hydrogen (secondary N) is 2. The van der Waals surface area contributed by atoms with Crippen LogP contribution >= 0.6 is 0 Å². The summed E-state index contributed by atoms with van der Waals surface area (Å²) in [6.45, 7) is 3.23. The summed E-state index contributed by atoms with van der Waals surface area (Å²) in [5.41, 5.74) is 4.08. The fourth-order valence-corrected chi connectivity index (χ4v) is 4.47. The van der Waals surface area contributed by atoms with Crippen LogP contribution in [-0.2, 0) is 19.4 Å². The van der Waals surface area contributed by atoms with Gasteiger partial charge in [0.25, 0.3) is 11.8 Å². The van der Waals surface area contributed by atoms with Crippen LogP contribution in [0.3, 0.4) is 0 Å². The van der Waals surface area contributed by atoms with Crippen molar-refractivity contribution < 1.29 is 14.0 Å². The molecule has 2 N–H and O–H groups in total. The summed E-state index contributed by atoms with van der Waals surface area (Å²) in [6, 6.07) is 17.9. The topological polar surface area (TPSA) is 63.1 Å². The third-order valence-corrected chi connectivity index (χ3v) is 6.26. The van der Waals surface area contributed by atoms with Crippen molar-refractivity contribution >= 4 is 11.8 Å². The van der Waals surface area contributed by atoms with E-state index in [-0.39, 0.29) is 23.7 Å². The SMILES string of the molecule is CCC(NC(=O)c1cc(C(=O)NCCc2ccc(F)cc2)n2c1CCCC2)c1ccccc1. The molecule has 1 aliphatic heterocycles. The highest BCUT2D eigenvalue weighted by Crippen LogP contribution is 2.25. The number of halogens is 1. The van der Waals surface area contributed by atoms with Gasteiger partial charge in [0.2, 0.25) is 0 Å². The number of benzene rings is 2. The van der Waals surface area contributed by atoms with E-state index in [9.17, 15) is 14.0 Å². The molecule has 0 fully saturated rings. The average molecular weight is 448 g/mol. The lowest BCUT2D eigenvalue weighted by molar-refractivity contribution is 0.0931. The highest BCUT2D eigenvalue weighted by molar-refractivity contribution is 6.00. The smallest absolute Gasteiger partial charge is 0.267 e. The lowest BCUT2D eigenvalue weighted by Gasteiger charge is -2.20. The standard InChI is InChI=1S/C27H30FN3O2/c1-2-23(20-8-4-3-5-9-20)30-26(32)22-18-25(31-17-7-6-10-24(22)31)27(33)29-16-15-19-11-13-21(28)14-12-19/h3-5,8-9,11-14,18,23H,2,6-7,10,15-17H2,1H3,(H,29,33)(H,30,32). The number of carbonyl (C=O) groups is 2. The predicted molar refractivity (Wildman–Crippen MR) is 127 cm³/mol. The van der Waals surface area contributed by atoms with Crippen molar-refractivity contribution in [2.24, 2.45) is 0 Å². The maximum atomic E-state index is 13.2. The maximum Gasteiger partial charge on any atom is 0.267 e. The minimum Gasteiger partial charge on any atom is -0.350 e. The summed E-state index contributed by atoms with van der Waals surface area (Å²) in [7, 11) is 0. The molecule has 2 amide bonds. The Hall–Kier alpha value is -3.41. The highest BCUT2D eigenvalue weighted by Gasteiger charge is 2.26. The third kappa shape index (κ3) is 5.33. The number of aromatic nitrogens is 1. The Morgan fingerprint density at radius 2 is 1.79 bits per heavy atom. The molecule has 0 spiro atoms. The molecule has 33 heavy (non-hydrogen) atoms. The molecule has 4 rings (SSSR count). The number of carbonyl (C=O) groups excluding carboxylic acids is 2. The largest absolute Gasteiger partial charge is 0.350 e. The summed E-state index contributed by atoms with van der Waals surface area (Å²) in [5, 5.41) is 6.11. The Morgan fingerprint density at radius 1 is 1.03 bits per heavy atom. The van der Waals surface area contributed by atoms with Crippen LogP contribution < -0.4 is 10.6 Å². The van der Waals surface area contributed by atoms with E-state index < -0.39 is 0 Å². The van der Waals surface area contributed by atoms with Gasteiger partial charge >= 0.3 is 0 Å². The Labute approximate surface area is 194 Å². The Bertz CT molecular complexity index is 1110. The van der Waals surface area contributed by atoms with Crippen LogP contribution in [0.4, 0.5) is 4.39 Å². The van der Waals surface area contributed by atoms with Gasteiger partial charge < -0.3 is 15.2 Å². The van der Waals surface area contributed by atoms with Crippen LogP contribution in [0.5, 0.6) is 0 Å². The van der Waals surface area contributed by atoms with Crippen LogP contribution in [0.15, 0.2) is 60.7 Å². The number of rotatable bonds is 8. The molecule has 5 nitrogen and oxygen atoms in total. The molecule has 2 aromatic carbocycles. The second-order valence-corrected chi connectivity index (χ2v) is 8.48. The fourth-order valence-electron chi connectivity index (χ4n) is 4.47. The van der Waals surface area contributed by atoms with Crippen molar-refractivity contribution in [1.82, 2.24) is 15.2 Å². The lowest BCUT2D eigenvalue weighted by Crippen LogP contribution is -2.29. The molecule has 1 unspecified atom stereocenters. The first-order valence-corrected chi connectivity index (χ1v) is 11.7. The Balaban J connectivity index is 1.48. The van der Waals surface area contributed by atoms with Gasteiger partial charge in [-0.3, -0.25) is 9.59 Å². The molecule has 3 aromatic rings. The molecule has 0 radical (unpaired) electrons. The molecule has 1 aliphatic rings. The van der Waals surface area contributed by atoms with E-state index in [1.807, 2.05) is 41.8 Å². The van der Waals surface area contributed by atoms with Crippen molar-refractivity contribution in [2.45, 2.75) is 51.6 Å². The highest BCUT2D eigenvalue weighted by atomic mass is 19.1. The summed E-state index contributed by atoms with van der Waals surface area (Å²) in [5.74, 6) is -0.595. The van der Waals surface area contributed by atoms with Gasteiger partial charge in [-0.15, -0.1) is 0 Å². The Morgan fingerprint density at radius 3 is 2.52 bits per heavy atom. The van der Waals surface area contributed by atoms with Crippen LogP contribution in [0.2, 0.25) is 0 Å². The summed E-state index contributed by atoms with van der Waals surface area (Å²) in [6.07, 6.45) is 4.17. The second-order valence-electron chi connectivity index (χ2n) is 8.48. The minimum absolute atomic E-state index is 0.0779. The van der Waals surface area contributed by atoms with Gasteiger partial charge in [0, 0.05) is 18.8 Å². The van der Waals surface area contributed by atoms with Crippen molar-refractivity contribution in [2.75, 3.05) is 6.54 Å². The van der Waals surface area contributed by atoms with E-state index in [4.69, 9.17) is 0 Å². The molecule has 1 atom stereocenters. The molecule has 2 heterocycles. The van der Waals surface area contributed by atoms with Gasteiger partial charge in [-0.2, -0.15) is 0 Å². The summed E-state index contributed by atoms with van der Waals surface area (Å²) in [4.78, 5) is 26.2. The van der Waals surface area contributed by atoms with E-state index in [1.165, 1.54) is 12.1 Å². The molecule has 0 saturated heterocycles. The van der Waals surface area contributed by atoms with Crippen molar-refractivity contribution in [3.63, 3.8) is 0 Å². The molecule has 1 aromatic heterocycles. The monoisotopic (exact) mass is 447 g/mol. The van der Waals surface area contributed by atoms with Crippen LogP contribution in [0, 0.1) is 5.82 Å². The maximum absolute atomic E-state index is 13.2. The molecular weight excluding hydrogens is 417 g/mol. The average Bonchev–Trinajstić information content (AvgIpc) is 3.24. The van der Waals surface area contributed by atoms with Crippen LogP contribution in [0.25, 0.3) is 0 Å². The predicted octanol–water partition coefficient (Wildman–Crippen LogP) is 4.82. The van der Waals surface area contributed by atoms with Gasteiger partial charge in [-0.1, -0.05) is 49.4 Å². The second kappa shape index (κ2) is 10.5. The van der Waals surface area contributed by atoms with Crippen LogP contribution in [-0.4, -0.2) is 22.9 Å². The van der Waals surface area contributed by atoms with Crippen molar-refractivity contribution in [1.29, 1.82) is 0 Å². The van der Waals surface area contributed by atoms with Crippen LogP contribution in [0.1, 0.15) is 69.9 Å². The Kier molecular flexibility index (Phi) is 7.23. The minimum atomic E-state index is -0.272. The van der Waals surface area contributed by atoms with E-state index in [0.717, 1.165) is 49.0 Å². The van der Waals surface area contributed by atoms with E-state index >= 15 is 0 Å². The quantitative estimate of drug-likeness (QED) is 0.520. The van der Waals surface area contributed by atoms with Crippen molar-refractivity contribution in [3.05, 3.63) is 94.6 Å². The van der Waals surface area contributed by atoms with Gasteiger partial charge in [0.15, 0.2) is 0 Å². The molecule has 0 saturated carbocycles. The van der Waals surface area contributed by atoms with E-state index in [1.54, 1.807) is 18.2 Å². The number of hydrogen-bond donors (Lipinski definition) is 2. The zero-order valence-electron chi connectivity index (χ0n) is 18.9. The first-order valence-electron chi connectivity index (χ1n) is 11.7. The molecule has 0 bridgehead atoms. The fraction of sp³-hybridized carbons (Fsp3) is 0.333. The van der Waals surface area contributed by atoms with Gasteiger partial charge in [0.05, 0.1) is 11.6 Å². The van der Waals surface area contributed by atoms with Gasteiger partial charge in [-0.25, -0.2) is 4.39 Å². The zero-order valence-corrected chi connectivity index (χ0v) is 18.9. The summed E-state index contributed by atoms with van der Waals surface area (Å²) < 4.78 is 15.1. The van der Waals surface area contributed by atoms with E-state index in [0.29, 0.717) is 24.2 Å². The molecule has 0 aliphatic carbocycles. The molecule has 172 valence electrons. The number of hydrogen-bond acceptors (Lipinski definition) is 2. The van der Waals surface area contributed by atoms with Gasteiger partial charge in [0.1, 0.15) is 11.5 Å². The molecule has 6 heteroatoms. The zero-order chi connectivity index (χ0) is 23.2.